The molecule has 0 amide bonds. The summed E-state index contributed by atoms with van der Waals surface area (Å²) in [6, 6.07) is 9.93. The third-order valence-corrected chi connectivity index (χ3v) is 4.54. The van der Waals surface area contributed by atoms with E-state index in [0.717, 1.165) is 20.8 Å². The largest absolute Gasteiger partial charge is 0.504 e. The zero-order valence-electron chi connectivity index (χ0n) is 14.0. The maximum atomic E-state index is 11.8. The van der Waals surface area contributed by atoms with E-state index in [1.807, 2.05) is 30.4 Å². The van der Waals surface area contributed by atoms with Crippen molar-refractivity contribution in [3.8, 4) is 11.5 Å². The predicted molar refractivity (Wildman–Crippen MR) is 103 cm³/mol. The molecule has 3 aromatic rings. The van der Waals surface area contributed by atoms with Gasteiger partial charge in [0.05, 0.1) is 22.4 Å². The van der Waals surface area contributed by atoms with Gasteiger partial charge >= 0.3 is 5.97 Å². The summed E-state index contributed by atoms with van der Waals surface area (Å²) < 4.78 is 5.93. The Hall–Kier alpha value is -3.12. The van der Waals surface area contributed by atoms with Gasteiger partial charge in [-0.1, -0.05) is 24.3 Å². The number of benzene rings is 2. The van der Waals surface area contributed by atoms with Crippen LogP contribution in [0.1, 0.15) is 27.9 Å². The standard InChI is InChI=1S/C20H17NO4S/c1-2-25-20(24)14-8-9-15-18(12-14)26-19(21-15)6-4-3-5-13-7-10-16(22)17(23)11-13/h3-12,22-23H,2H2,1H3/b5-3+,6-4+. The molecule has 26 heavy (non-hydrogen) atoms. The summed E-state index contributed by atoms with van der Waals surface area (Å²) in [5.74, 6) is -0.631. The van der Waals surface area contributed by atoms with Gasteiger partial charge < -0.3 is 14.9 Å². The Bertz CT molecular complexity index is 1000. The maximum absolute atomic E-state index is 11.8. The number of thiazole rings is 1. The molecule has 0 radical (unpaired) electrons. The van der Waals surface area contributed by atoms with Crippen LogP contribution < -0.4 is 0 Å². The van der Waals surface area contributed by atoms with E-state index >= 15 is 0 Å². The average molecular weight is 367 g/mol. The zero-order valence-corrected chi connectivity index (χ0v) is 14.9. The predicted octanol–water partition coefficient (Wildman–Crippen LogP) is 4.61. The number of rotatable bonds is 5. The molecule has 2 N–H and O–H groups in total. The van der Waals surface area contributed by atoms with Crippen molar-refractivity contribution in [2.24, 2.45) is 0 Å². The van der Waals surface area contributed by atoms with E-state index in [4.69, 9.17) is 4.74 Å². The molecular weight excluding hydrogens is 350 g/mol. The van der Waals surface area contributed by atoms with Gasteiger partial charge in [-0.3, -0.25) is 0 Å². The first-order valence-electron chi connectivity index (χ1n) is 8.01. The number of ether oxygens (including phenoxy) is 1. The number of esters is 1. The molecule has 0 bridgehead atoms. The summed E-state index contributed by atoms with van der Waals surface area (Å²) in [6.07, 6.45) is 7.34. The first-order chi connectivity index (χ1) is 12.6. The molecule has 3 rings (SSSR count). The van der Waals surface area contributed by atoms with E-state index in [2.05, 4.69) is 4.98 Å². The van der Waals surface area contributed by atoms with Crippen LogP contribution in [0.15, 0.2) is 48.6 Å². The Kier molecular flexibility index (Phi) is 5.34. The van der Waals surface area contributed by atoms with Gasteiger partial charge in [-0.05, 0) is 48.9 Å². The van der Waals surface area contributed by atoms with Gasteiger partial charge in [0.15, 0.2) is 11.5 Å². The quantitative estimate of drug-likeness (QED) is 0.391. The topological polar surface area (TPSA) is 79.7 Å². The summed E-state index contributed by atoms with van der Waals surface area (Å²) in [5.41, 5.74) is 2.12. The first kappa shape index (κ1) is 17.7. The molecule has 0 aliphatic heterocycles. The Labute approximate surface area is 154 Å². The number of hydrogen-bond acceptors (Lipinski definition) is 6. The van der Waals surface area contributed by atoms with Crippen molar-refractivity contribution in [3.63, 3.8) is 0 Å². The van der Waals surface area contributed by atoms with E-state index in [1.54, 1.807) is 25.1 Å². The number of carbonyl (C=O) groups excluding carboxylic acids is 1. The SMILES string of the molecule is CCOC(=O)c1ccc2nc(/C=C/C=C/c3ccc(O)c(O)c3)sc2c1. The number of allylic oxidation sites excluding steroid dienone is 2. The maximum Gasteiger partial charge on any atom is 0.338 e. The minimum atomic E-state index is -0.333. The van der Waals surface area contributed by atoms with Crippen molar-refractivity contribution in [1.82, 2.24) is 4.98 Å². The zero-order chi connectivity index (χ0) is 18.5. The number of aromatic nitrogens is 1. The Morgan fingerprint density at radius 3 is 2.69 bits per heavy atom. The number of phenols is 2. The highest BCUT2D eigenvalue weighted by Gasteiger charge is 2.09. The normalized spacial score (nSPS) is 11.6. The molecule has 0 unspecified atom stereocenters. The van der Waals surface area contributed by atoms with Crippen LogP contribution in [-0.2, 0) is 4.74 Å². The van der Waals surface area contributed by atoms with Gasteiger partial charge in [0.1, 0.15) is 5.01 Å². The van der Waals surface area contributed by atoms with Crippen LogP contribution in [-0.4, -0.2) is 27.8 Å². The Morgan fingerprint density at radius 2 is 1.92 bits per heavy atom. The average Bonchev–Trinajstić information content (AvgIpc) is 3.03. The van der Waals surface area contributed by atoms with Crippen LogP contribution in [0.5, 0.6) is 11.5 Å². The molecule has 6 heteroatoms. The second kappa shape index (κ2) is 7.84. The van der Waals surface area contributed by atoms with Crippen molar-refractivity contribution in [2.75, 3.05) is 6.61 Å². The highest BCUT2D eigenvalue weighted by molar-refractivity contribution is 7.19. The van der Waals surface area contributed by atoms with Crippen molar-refractivity contribution in [2.45, 2.75) is 6.92 Å². The smallest absolute Gasteiger partial charge is 0.338 e. The Balaban J connectivity index is 1.73. The molecule has 2 aromatic carbocycles. The lowest BCUT2D eigenvalue weighted by molar-refractivity contribution is 0.0526. The second-order valence-electron chi connectivity index (χ2n) is 5.42. The monoisotopic (exact) mass is 367 g/mol. The van der Waals surface area contributed by atoms with Gasteiger partial charge in [0.25, 0.3) is 0 Å². The highest BCUT2D eigenvalue weighted by Crippen LogP contribution is 2.26. The second-order valence-corrected chi connectivity index (χ2v) is 6.48. The van der Waals surface area contributed by atoms with E-state index in [0.29, 0.717) is 12.2 Å². The van der Waals surface area contributed by atoms with Crippen LogP contribution >= 0.6 is 11.3 Å². The first-order valence-corrected chi connectivity index (χ1v) is 8.83. The molecular formula is C20H17NO4S. The van der Waals surface area contributed by atoms with E-state index in [1.165, 1.54) is 23.5 Å². The molecule has 1 heterocycles. The number of phenolic OH excluding ortho intramolecular Hbond substituents is 2. The van der Waals surface area contributed by atoms with Crippen molar-refractivity contribution in [3.05, 3.63) is 64.7 Å². The number of hydrogen-bond donors (Lipinski definition) is 2. The van der Waals surface area contributed by atoms with Gasteiger partial charge in [-0.25, -0.2) is 9.78 Å². The van der Waals surface area contributed by atoms with E-state index in [-0.39, 0.29) is 17.5 Å². The fourth-order valence-electron chi connectivity index (χ4n) is 2.30. The van der Waals surface area contributed by atoms with Gasteiger partial charge in [-0.15, -0.1) is 11.3 Å². The minimum Gasteiger partial charge on any atom is -0.504 e. The fourth-order valence-corrected chi connectivity index (χ4v) is 3.22. The third-order valence-electron chi connectivity index (χ3n) is 3.55. The summed E-state index contributed by atoms with van der Waals surface area (Å²) in [4.78, 5) is 16.3. The molecule has 0 saturated heterocycles. The minimum absolute atomic E-state index is 0.144. The van der Waals surface area contributed by atoms with E-state index < -0.39 is 0 Å². The van der Waals surface area contributed by atoms with Crippen molar-refractivity contribution in [1.29, 1.82) is 0 Å². The highest BCUT2D eigenvalue weighted by atomic mass is 32.1. The molecule has 0 aliphatic rings. The van der Waals surface area contributed by atoms with Crippen LogP contribution in [0.25, 0.3) is 22.4 Å². The molecule has 0 fully saturated rings. The van der Waals surface area contributed by atoms with Crippen LogP contribution in [0.3, 0.4) is 0 Å². The van der Waals surface area contributed by atoms with Crippen LogP contribution in [0, 0.1) is 0 Å². The summed E-state index contributed by atoms with van der Waals surface area (Å²) in [6.45, 7) is 2.12. The lowest BCUT2D eigenvalue weighted by Crippen LogP contribution is -2.03. The van der Waals surface area contributed by atoms with Gasteiger partial charge in [0, 0.05) is 0 Å². The van der Waals surface area contributed by atoms with Gasteiger partial charge in [-0.2, -0.15) is 0 Å². The van der Waals surface area contributed by atoms with Crippen LogP contribution in [0.2, 0.25) is 0 Å². The number of carbonyl (C=O) groups is 1. The molecule has 0 aliphatic carbocycles. The molecule has 0 spiro atoms. The third kappa shape index (κ3) is 4.10. The molecule has 5 nitrogen and oxygen atoms in total. The van der Waals surface area contributed by atoms with Crippen molar-refractivity contribution >= 4 is 39.7 Å². The summed E-state index contributed by atoms with van der Waals surface area (Å²) in [5, 5.41) is 19.6. The lowest BCUT2D eigenvalue weighted by Gasteiger charge is -2.00. The lowest BCUT2D eigenvalue weighted by atomic mass is 10.2. The van der Waals surface area contributed by atoms with Crippen molar-refractivity contribution < 1.29 is 19.7 Å². The van der Waals surface area contributed by atoms with Crippen LogP contribution in [0.4, 0.5) is 0 Å². The summed E-state index contributed by atoms with van der Waals surface area (Å²) in [7, 11) is 0. The number of fused-ring (bicyclic) bond motifs is 1. The number of nitrogens with zero attached hydrogens (tertiary/aromatic N) is 1. The van der Waals surface area contributed by atoms with Gasteiger partial charge in [0.2, 0.25) is 0 Å². The Morgan fingerprint density at radius 1 is 1.12 bits per heavy atom. The van der Waals surface area contributed by atoms with E-state index in [9.17, 15) is 15.0 Å². The molecule has 0 saturated carbocycles. The molecule has 132 valence electrons. The molecule has 1 aromatic heterocycles. The molecule has 0 atom stereocenters. The summed E-state index contributed by atoms with van der Waals surface area (Å²) >= 11 is 1.48. The fraction of sp³-hybridized carbons (Fsp3) is 0.100. The number of aromatic hydroxyl groups is 2.